The van der Waals surface area contributed by atoms with E-state index in [-0.39, 0.29) is 12.8 Å². The van der Waals surface area contributed by atoms with Crippen molar-refractivity contribution in [2.45, 2.75) is 43.8 Å². The molecule has 14 heteroatoms. The molecule has 0 aromatic carbocycles. The fourth-order valence-corrected chi connectivity index (χ4v) is 2.07. The molecule has 0 aliphatic heterocycles. The monoisotopic (exact) mass is 419 g/mol. The molecule has 0 heterocycles. The molecule has 0 aromatic rings. The minimum Gasteiger partial charge on any atom is -0.481 e. The number of hydrogen-bond donors (Lipinski definition) is 8. The van der Waals surface area contributed by atoms with E-state index in [1.807, 2.05) is 0 Å². The van der Waals surface area contributed by atoms with Crippen LogP contribution in [0.2, 0.25) is 0 Å². The van der Waals surface area contributed by atoms with Gasteiger partial charge in [-0.1, -0.05) is 0 Å². The Balaban J connectivity index is 5.25. The third-order valence-electron chi connectivity index (χ3n) is 3.59. The largest absolute Gasteiger partial charge is 0.481 e. The number of primary amides is 1. The van der Waals surface area contributed by atoms with Crippen LogP contribution in [0.1, 0.15) is 25.7 Å². The van der Waals surface area contributed by atoms with Gasteiger partial charge in [0.1, 0.15) is 18.1 Å². The zero-order valence-corrected chi connectivity index (χ0v) is 15.4. The Morgan fingerprint density at radius 3 is 1.76 bits per heavy atom. The van der Waals surface area contributed by atoms with Gasteiger partial charge in [0, 0.05) is 12.8 Å². The zero-order valence-electron chi connectivity index (χ0n) is 15.4. The molecule has 0 saturated carbocycles. The van der Waals surface area contributed by atoms with Crippen LogP contribution in [0.25, 0.3) is 0 Å². The number of rotatable bonds is 14. The minimum absolute atomic E-state index is 0.318. The summed E-state index contributed by atoms with van der Waals surface area (Å²) in [4.78, 5) is 68.7. The van der Waals surface area contributed by atoms with E-state index in [9.17, 15) is 33.9 Å². The predicted molar refractivity (Wildman–Crippen MR) is 94.9 cm³/mol. The van der Waals surface area contributed by atoms with E-state index in [2.05, 4.69) is 16.0 Å². The van der Waals surface area contributed by atoms with Gasteiger partial charge >= 0.3 is 11.9 Å². The lowest BCUT2D eigenvalue weighted by molar-refractivity contribution is -0.143. The molecule has 0 aromatic heterocycles. The van der Waals surface area contributed by atoms with E-state index < -0.39 is 79.7 Å². The molecule has 0 spiro atoms. The van der Waals surface area contributed by atoms with Gasteiger partial charge in [-0.25, -0.2) is 4.79 Å². The van der Waals surface area contributed by atoms with Gasteiger partial charge < -0.3 is 42.7 Å². The molecule has 164 valence electrons. The minimum atomic E-state index is -1.51. The van der Waals surface area contributed by atoms with Crippen LogP contribution < -0.4 is 27.4 Å². The van der Waals surface area contributed by atoms with Crippen molar-refractivity contribution in [3.05, 3.63) is 0 Å². The summed E-state index contributed by atoms with van der Waals surface area (Å²) in [6, 6.07) is -4.46. The number of hydrogen-bond acceptors (Lipinski definition) is 8. The molecule has 0 rings (SSSR count). The van der Waals surface area contributed by atoms with E-state index in [4.69, 9.17) is 21.7 Å². The van der Waals surface area contributed by atoms with Gasteiger partial charge in [0.15, 0.2) is 0 Å². The molecule has 4 amide bonds. The molecule has 0 aliphatic rings. The summed E-state index contributed by atoms with van der Waals surface area (Å²) in [5, 5.41) is 33.5. The van der Waals surface area contributed by atoms with Crippen LogP contribution in [0.3, 0.4) is 0 Å². The first-order valence-electron chi connectivity index (χ1n) is 8.45. The SMILES string of the molecule is NCC(=O)NC(CO)C(=O)NC(CCC(=O)O)C(=O)NC(CCC(N)=O)C(=O)O. The zero-order chi connectivity index (χ0) is 22.6. The second-order valence-electron chi connectivity index (χ2n) is 5.90. The Hall–Kier alpha value is -3.26. The highest BCUT2D eigenvalue weighted by molar-refractivity contribution is 5.94. The van der Waals surface area contributed by atoms with Gasteiger partial charge in [0.05, 0.1) is 13.2 Å². The Labute approximate surface area is 165 Å². The first-order chi connectivity index (χ1) is 13.5. The molecule has 0 aliphatic carbocycles. The molecule has 14 nitrogen and oxygen atoms in total. The smallest absolute Gasteiger partial charge is 0.326 e. The van der Waals surface area contributed by atoms with Crippen molar-refractivity contribution >= 4 is 35.6 Å². The number of aliphatic hydroxyl groups excluding tert-OH is 1. The highest BCUT2D eigenvalue weighted by Gasteiger charge is 2.29. The second kappa shape index (κ2) is 13.0. The highest BCUT2D eigenvalue weighted by atomic mass is 16.4. The van der Waals surface area contributed by atoms with Gasteiger partial charge in [0.25, 0.3) is 0 Å². The number of carboxylic acids is 2. The van der Waals surface area contributed by atoms with Crippen molar-refractivity contribution in [2.75, 3.05) is 13.2 Å². The van der Waals surface area contributed by atoms with Crippen LogP contribution in [0.5, 0.6) is 0 Å². The van der Waals surface area contributed by atoms with Crippen LogP contribution in [-0.4, -0.2) is 82.2 Å². The second-order valence-corrected chi connectivity index (χ2v) is 5.90. The average molecular weight is 419 g/mol. The summed E-state index contributed by atoms with van der Waals surface area (Å²) in [6.45, 7) is -1.30. The molecule has 3 atom stereocenters. The fourth-order valence-electron chi connectivity index (χ4n) is 2.07. The van der Waals surface area contributed by atoms with Gasteiger partial charge in [-0.3, -0.25) is 24.0 Å². The number of aliphatic carboxylic acids is 2. The Kier molecular flexibility index (Phi) is 11.5. The summed E-state index contributed by atoms with van der Waals surface area (Å²) in [5.74, 6) is -6.34. The lowest BCUT2D eigenvalue weighted by atomic mass is 10.1. The quantitative estimate of drug-likeness (QED) is 0.134. The normalized spacial score (nSPS) is 13.4. The Bertz CT molecular complexity index is 640. The number of carbonyl (C=O) groups is 6. The first-order valence-corrected chi connectivity index (χ1v) is 8.45. The lowest BCUT2D eigenvalue weighted by Crippen LogP contribution is -2.57. The molecule has 29 heavy (non-hydrogen) atoms. The van der Waals surface area contributed by atoms with E-state index >= 15 is 0 Å². The maximum Gasteiger partial charge on any atom is 0.326 e. The summed E-state index contributed by atoms with van der Waals surface area (Å²) in [6.07, 6.45) is -1.60. The lowest BCUT2D eigenvalue weighted by Gasteiger charge is -2.23. The molecule has 0 radical (unpaired) electrons. The third kappa shape index (κ3) is 10.6. The van der Waals surface area contributed by atoms with E-state index in [0.717, 1.165) is 0 Å². The molecule has 0 bridgehead atoms. The molecule has 0 fully saturated rings. The van der Waals surface area contributed by atoms with Crippen molar-refractivity contribution in [1.82, 2.24) is 16.0 Å². The van der Waals surface area contributed by atoms with Crippen molar-refractivity contribution < 1.29 is 44.1 Å². The van der Waals surface area contributed by atoms with E-state index in [0.29, 0.717) is 0 Å². The van der Waals surface area contributed by atoms with Crippen LogP contribution in [0, 0.1) is 0 Å². The molecule has 10 N–H and O–H groups in total. The van der Waals surface area contributed by atoms with Gasteiger partial charge in [-0.15, -0.1) is 0 Å². The van der Waals surface area contributed by atoms with Crippen molar-refractivity contribution in [2.24, 2.45) is 11.5 Å². The average Bonchev–Trinajstić information content (AvgIpc) is 2.64. The number of amides is 4. The number of carboxylic acid groups (broad SMARTS) is 2. The maximum absolute atomic E-state index is 12.4. The summed E-state index contributed by atoms with van der Waals surface area (Å²) >= 11 is 0. The topological polar surface area (TPSA) is 251 Å². The van der Waals surface area contributed by atoms with E-state index in [1.165, 1.54) is 0 Å². The van der Waals surface area contributed by atoms with Crippen molar-refractivity contribution in [1.29, 1.82) is 0 Å². The molecule has 3 unspecified atom stereocenters. The first kappa shape index (κ1) is 25.7. The maximum atomic E-state index is 12.4. The Morgan fingerprint density at radius 1 is 0.793 bits per heavy atom. The number of nitrogens with one attached hydrogen (secondary N) is 3. The molecular weight excluding hydrogens is 394 g/mol. The van der Waals surface area contributed by atoms with Crippen molar-refractivity contribution in [3.8, 4) is 0 Å². The number of carbonyl (C=O) groups excluding carboxylic acids is 4. The predicted octanol–water partition coefficient (Wildman–Crippen LogP) is -4.39. The van der Waals surface area contributed by atoms with Gasteiger partial charge in [-0.2, -0.15) is 0 Å². The summed E-state index contributed by atoms with van der Waals surface area (Å²) < 4.78 is 0. The third-order valence-corrected chi connectivity index (χ3v) is 3.59. The summed E-state index contributed by atoms with van der Waals surface area (Å²) in [5.41, 5.74) is 10.0. The number of nitrogens with two attached hydrogens (primary N) is 2. The molecular formula is C15H25N5O9. The Morgan fingerprint density at radius 2 is 1.31 bits per heavy atom. The van der Waals surface area contributed by atoms with Crippen LogP contribution in [0.4, 0.5) is 0 Å². The van der Waals surface area contributed by atoms with Crippen molar-refractivity contribution in [3.63, 3.8) is 0 Å². The fraction of sp³-hybridized carbons (Fsp3) is 0.600. The van der Waals surface area contributed by atoms with Crippen LogP contribution in [-0.2, 0) is 28.8 Å². The summed E-state index contributed by atoms with van der Waals surface area (Å²) in [7, 11) is 0. The van der Waals surface area contributed by atoms with Gasteiger partial charge in [0.2, 0.25) is 23.6 Å². The van der Waals surface area contributed by atoms with Crippen LogP contribution in [0.15, 0.2) is 0 Å². The van der Waals surface area contributed by atoms with Crippen LogP contribution >= 0.6 is 0 Å². The number of aliphatic hydroxyl groups is 1. The molecule has 0 saturated heterocycles. The van der Waals surface area contributed by atoms with E-state index in [1.54, 1.807) is 0 Å². The standard InChI is InChI=1S/C15H25N5O9/c16-5-11(23)18-9(6-21)14(27)19-7(2-4-12(24)25)13(26)20-8(15(28)29)1-3-10(17)22/h7-9,21H,1-6,16H2,(H2,17,22)(H,18,23)(H,19,27)(H,20,26)(H,24,25)(H,28,29). The highest BCUT2D eigenvalue weighted by Crippen LogP contribution is 2.03. The van der Waals surface area contributed by atoms with Gasteiger partial charge in [-0.05, 0) is 12.8 Å².